The third kappa shape index (κ3) is 4.51. The third-order valence-electron chi connectivity index (χ3n) is 1.88. The minimum absolute atomic E-state index is 0.0753. The molecule has 17 heavy (non-hydrogen) atoms. The van der Waals surface area contributed by atoms with E-state index in [9.17, 15) is 8.42 Å². The molecule has 0 bridgehead atoms. The van der Waals surface area contributed by atoms with Crippen LogP contribution in [-0.2, 0) is 9.05 Å². The highest BCUT2D eigenvalue weighted by Crippen LogP contribution is 2.27. The van der Waals surface area contributed by atoms with Crippen molar-refractivity contribution in [1.82, 2.24) is 0 Å². The summed E-state index contributed by atoms with van der Waals surface area (Å²) in [5, 5.41) is 8.69. The van der Waals surface area contributed by atoms with Crippen molar-refractivity contribution in [3.05, 3.63) is 23.8 Å². The zero-order chi connectivity index (χ0) is 12.9. The lowest BCUT2D eigenvalue weighted by Crippen LogP contribution is -2.09. The average Bonchev–Trinajstić information content (AvgIpc) is 2.27. The van der Waals surface area contributed by atoms with Crippen LogP contribution in [0.2, 0.25) is 0 Å². The van der Waals surface area contributed by atoms with Crippen molar-refractivity contribution in [2.24, 2.45) is 0 Å². The van der Waals surface area contributed by atoms with Crippen molar-refractivity contribution < 1.29 is 17.9 Å². The molecule has 1 aromatic carbocycles. The van der Waals surface area contributed by atoms with E-state index in [1.54, 1.807) is 6.07 Å². The van der Waals surface area contributed by atoms with Crippen molar-refractivity contribution in [1.29, 1.82) is 5.26 Å². The number of hydrogen-bond acceptors (Lipinski definition) is 5. The third-order valence-corrected chi connectivity index (χ3v) is 2.99. The van der Waals surface area contributed by atoms with Gasteiger partial charge in [-0.3, -0.25) is 0 Å². The van der Waals surface area contributed by atoms with Gasteiger partial charge < -0.3 is 9.47 Å². The number of nitrogens with zero attached hydrogens (tertiary/aromatic N) is 1. The summed E-state index contributed by atoms with van der Waals surface area (Å²) in [6.07, 6.45) is 0. The fourth-order valence-electron chi connectivity index (χ4n) is 1.11. The zero-order valence-electron chi connectivity index (χ0n) is 9.01. The van der Waals surface area contributed by atoms with Crippen molar-refractivity contribution in [2.75, 3.05) is 19.5 Å². The van der Waals surface area contributed by atoms with Crippen LogP contribution in [0.3, 0.4) is 0 Å². The summed E-state index contributed by atoms with van der Waals surface area (Å²) in [4.78, 5) is 0. The Kier molecular flexibility index (Phi) is 4.61. The van der Waals surface area contributed by atoms with E-state index in [1.807, 2.05) is 6.07 Å². The summed E-state index contributed by atoms with van der Waals surface area (Å²) in [5.74, 6) is 0.445. The fraction of sp³-hybridized carbons (Fsp3) is 0.300. The van der Waals surface area contributed by atoms with Crippen LogP contribution in [0.5, 0.6) is 11.5 Å². The highest BCUT2D eigenvalue weighted by molar-refractivity contribution is 8.13. The minimum atomic E-state index is -3.57. The Morgan fingerprint density at radius 1 is 1.41 bits per heavy atom. The molecule has 0 heterocycles. The van der Waals surface area contributed by atoms with E-state index in [2.05, 4.69) is 0 Å². The predicted octanol–water partition coefficient (Wildman–Crippen LogP) is 1.51. The first-order valence-corrected chi connectivity index (χ1v) is 7.07. The van der Waals surface area contributed by atoms with Crippen LogP contribution < -0.4 is 9.47 Å². The van der Waals surface area contributed by atoms with E-state index in [-0.39, 0.29) is 12.4 Å². The van der Waals surface area contributed by atoms with Gasteiger partial charge in [-0.1, -0.05) is 0 Å². The van der Waals surface area contributed by atoms with Gasteiger partial charge in [-0.05, 0) is 12.1 Å². The molecule has 0 radical (unpaired) electrons. The van der Waals surface area contributed by atoms with Gasteiger partial charge in [-0.15, -0.1) is 0 Å². The average molecular weight is 276 g/mol. The quantitative estimate of drug-likeness (QED) is 0.762. The van der Waals surface area contributed by atoms with Gasteiger partial charge in [0.15, 0.2) is 11.5 Å². The van der Waals surface area contributed by atoms with Gasteiger partial charge in [0.2, 0.25) is 9.05 Å². The van der Waals surface area contributed by atoms with Gasteiger partial charge in [-0.2, -0.15) is 5.26 Å². The molecule has 7 heteroatoms. The van der Waals surface area contributed by atoms with E-state index in [0.29, 0.717) is 17.1 Å². The lowest BCUT2D eigenvalue weighted by atomic mass is 10.2. The summed E-state index contributed by atoms with van der Waals surface area (Å²) < 4.78 is 31.6. The lowest BCUT2D eigenvalue weighted by molar-refractivity contribution is 0.312. The molecule has 0 saturated carbocycles. The Balaban J connectivity index is 2.75. The molecule has 0 aliphatic carbocycles. The molecule has 92 valence electrons. The molecule has 0 atom stereocenters. The van der Waals surface area contributed by atoms with Crippen LogP contribution in [0.15, 0.2) is 18.2 Å². The molecule has 1 rings (SSSR count). The Morgan fingerprint density at radius 3 is 2.65 bits per heavy atom. The van der Waals surface area contributed by atoms with Gasteiger partial charge in [0.1, 0.15) is 6.61 Å². The van der Waals surface area contributed by atoms with Crippen molar-refractivity contribution >= 4 is 19.7 Å². The highest BCUT2D eigenvalue weighted by atomic mass is 35.7. The van der Waals surface area contributed by atoms with Crippen molar-refractivity contribution in [2.45, 2.75) is 0 Å². The first-order valence-electron chi connectivity index (χ1n) is 4.59. The molecule has 0 aliphatic heterocycles. The van der Waals surface area contributed by atoms with Crippen molar-refractivity contribution in [3.63, 3.8) is 0 Å². The SMILES string of the molecule is COc1cc(C#N)ccc1OCCS(=O)(=O)Cl. The van der Waals surface area contributed by atoms with E-state index in [4.69, 9.17) is 25.4 Å². The Bertz CT molecular complexity index is 536. The molecule has 0 fully saturated rings. The fourth-order valence-corrected chi connectivity index (χ4v) is 1.58. The second-order valence-electron chi connectivity index (χ2n) is 3.07. The summed E-state index contributed by atoms with van der Waals surface area (Å²) in [6, 6.07) is 6.55. The highest BCUT2D eigenvalue weighted by Gasteiger charge is 2.09. The maximum Gasteiger partial charge on any atom is 0.235 e. The molecular weight excluding hydrogens is 266 g/mol. The number of rotatable bonds is 5. The van der Waals surface area contributed by atoms with Crippen LogP contribution >= 0.6 is 10.7 Å². The molecule has 0 aromatic heterocycles. The molecule has 0 saturated heterocycles. The molecular formula is C10H10ClNO4S. The first-order chi connectivity index (χ1) is 7.96. The number of methoxy groups -OCH3 is 1. The maximum absolute atomic E-state index is 10.7. The lowest BCUT2D eigenvalue weighted by Gasteiger charge is -2.09. The number of ether oxygens (including phenoxy) is 2. The molecule has 5 nitrogen and oxygen atoms in total. The summed E-state index contributed by atoms with van der Waals surface area (Å²) >= 11 is 0. The van der Waals surface area contributed by atoms with Crippen LogP contribution in [0.1, 0.15) is 5.56 Å². The van der Waals surface area contributed by atoms with Crippen molar-refractivity contribution in [3.8, 4) is 17.6 Å². The van der Waals surface area contributed by atoms with Crippen LogP contribution in [0.25, 0.3) is 0 Å². The normalized spacial score (nSPS) is 10.6. The summed E-state index contributed by atoms with van der Waals surface area (Å²) in [6.45, 7) is -0.0753. The van der Waals surface area contributed by atoms with Gasteiger partial charge in [0, 0.05) is 16.7 Å². The van der Waals surface area contributed by atoms with Gasteiger partial charge >= 0.3 is 0 Å². The number of hydrogen-bond donors (Lipinski definition) is 0. The zero-order valence-corrected chi connectivity index (χ0v) is 10.6. The second-order valence-corrected chi connectivity index (χ2v) is 5.97. The summed E-state index contributed by atoms with van der Waals surface area (Å²) in [5.41, 5.74) is 0.430. The topological polar surface area (TPSA) is 76.4 Å². The van der Waals surface area contributed by atoms with Gasteiger partial charge in [0.25, 0.3) is 0 Å². The standard InChI is InChI=1S/C10H10ClNO4S/c1-15-10-6-8(7-12)2-3-9(10)16-4-5-17(11,13)14/h2-3,6H,4-5H2,1H3. The number of halogens is 1. The smallest absolute Gasteiger partial charge is 0.235 e. The summed E-state index contributed by atoms with van der Waals surface area (Å²) in [7, 11) is 2.90. The largest absolute Gasteiger partial charge is 0.493 e. The predicted molar refractivity (Wildman–Crippen MR) is 62.8 cm³/mol. The molecule has 0 aliphatic rings. The Morgan fingerprint density at radius 2 is 2.12 bits per heavy atom. The van der Waals surface area contributed by atoms with Gasteiger partial charge in [0.05, 0.1) is 24.5 Å². The van der Waals surface area contributed by atoms with Crippen LogP contribution in [0, 0.1) is 11.3 Å². The van der Waals surface area contributed by atoms with Crippen LogP contribution in [-0.4, -0.2) is 27.9 Å². The molecule has 0 N–H and O–H groups in total. The van der Waals surface area contributed by atoms with E-state index >= 15 is 0 Å². The maximum atomic E-state index is 10.7. The van der Waals surface area contributed by atoms with E-state index in [1.165, 1.54) is 19.2 Å². The minimum Gasteiger partial charge on any atom is -0.493 e. The Labute approximate surface area is 104 Å². The van der Waals surface area contributed by atoms with E-state index < -0.39 is 9.05 Å². The number of benzene rings is 1. The molecule has 0 amide bonds. The molecule has 0 spiro atoms. The Hall–Kier alpha value is -1.45. The number of nitriles is 1. The van der Waals surface area contributed by atoms with Crippen LogP contribution in [0.4, 0.5) is 0 Å². The second kappa shape index (κ2) is 5.75. The molecule has 1 aromatic rings. The monoisotopic (exact) mass is 275 g/mol. The molecule has 0 unspecified atom stereocenters. The first kappa shape index (κ1) is 13.6. The van der Waals surface area contributed by atoms with E-state index in [0.717, 1.165) is 0 Å². The van der Waals surface area contributed by atoms with Gasteiger partial charge in [-0.25, -0.2) is 8.42 Å².